The highest BCUT2D eigenvalue weighted by Crippen LogP contribution is 2.29. The van der Waals surface area contributed by atoms with Gasteiger partial charge in [-0.2, -0.15) is 0 Å². The molecular formula is C14H17BrN2O2. The van der Waals surface area contributed by atoms with Crippen LogP contribution in [0.25, 0.3) is 0 Å². The zero-order chi connectivity index (χ0) is 13.2. The molecule has 3 aliphatic rings. The maximum atomic E-state index is 11.9. The van der Waals surface area contributed by atoms with Crippen molar-refractivity contribution in [3.63, 3.8) is 0 Å². The number of amides is 1. The average Bonchev–Trinajstić information content (AvgIpc) is 2.43. The van der Waals surface area contributed by atoms with Gasteiger partial charge in [-0.05, 0) is 56.1 Å². The van der Waals surface area contributed by atoms with E-state index in [0.29, 0.717) is 5.92 Å². The lowest BCUT2D eigenvalue weighted by molar-refractivity contribution is -0.0289. The largest absolute Gasteiger partial charge is 0.444 e. The predicted octanol–water partition coefficient (Wildman–Crippen LogP) is 3.09. The van der Waals surface area contributed by atoms with Crippen molar-refractivity contribution in [2.45, 2.75) is 18.9 Å². The van der Waals surface area contributed by atoms with Gasteiger partial charge in [0.15, 0.2) is 0 Å². The first-order valence-electron chi connectivity index (χ1n) is 6.66. The maximum absolute atomic E-state index is 11.9. The van der Waals surface area contributed by atoms with Crippen molar-refractivity contribution in [3.05, 3.63) is 28.7 Å². The van der Waals surface area contributed by atoms with Crippen LogP contribution in [0.15, 0.2) is 28.7 Å². The van der Waals surface area contributed by atoms with Crippen molar-refractivity contribution in [2.24, 2.45) is 5.92 Å². The fourth-order valence-electron chi connectivity index (χ4n) is 2.86. The second kappa shape index (κ2) is 5.51. The highest BCUT2D eigenvalue weighted by molar-refractivity contribution is 9.10. The summed E-state index contributed by atoms with van der Waals surface area (Å²) in [4.78, 5) is 14.3. The van der Waals surface area contributed by atoms with Crippen molar-refractivity contribution < 1.29 is 9.53 Å². The third-order valence-electron chi connectivity index (χ3n) is 3.95. The van der Waals surface area contributed by atoms with E-state index in [1.54, 1.807) is 0 Å². The molecule has 0 spiro atoms. The van der Waals surface area contributed by atoms with Crippen molar-refractivity contribution in [1.82, 2.24) is 4.90 Å². The number of fused-ring (bicyclic) bond motifs is 3. The Kier molecular flexibility index (Phi) is 3.75. The number of benzene rings is 1. The number of hydrogen-bond acceptors (Lipinski definition) is 3. The number of hydrogen-bond donors (Lipinski definition) is 1. The average molecular weight is 324 g/mol. The van der Waals surface area contributed by atoms with E-state index in [9.17, 15) is 4.79 Å². The molecule has 0 radical (unpaired) electrons. The van der Waals surface area contributed by atoms with Gasteiger partial charge in [0, 0.05) is 16.7 Å². The highest BCUT2D eigenvalue weighted by Gasteiger charge is 2.36. The minimum atomic E-state index is -0.346. The van der Waals surface area contributed by atoms with E-state index in [1.165, 1.54) is 0 Å². The Hall–Kier alpha value is -1.07. The molecule has 3 heterocycles. The fourth-order valence-corrected chi connectivity index (χ4v) is 3.13. The minimum Gasteiger partial charge on any atom is -0.444 e. The standard InChI is InChI=1S/C14H17BrN2O2/c15-11-1-3-12(4-2-11)16-14(18)19-13-9-17-7-5-10(13)6-8-17/h1-4,10,13H,5-9H2,(H,16,18)/i14-1. The summed E-state index contributed by atoms with van der Waals surface area (Å²) in [5, 5.41) is 2.78. The topological polar surface area (TPSA) is 41.6 Å². The molecule has 3 fully saturated rings. The molecule has 1 aromatic carbocycles. The van der Waals surface area contributed by atoms with Crippen molar-refractivity contribution in [2.75, 3.05) is 25.0 Å². The summed E-state index contributed by atoms with van der Waals surface area (Å²) in [5.41, 5.74) is 0.759. The van der Waals surface area contributed by atoms with Gasteiger partial charge in [-0.25, -0.2) is 4.79 Å². The fraction of sp³-hybridized carbons (Fsp3) is 0.500. The molecule has 0 saturated carbocycles. The molecule has 4 rings (SSSR count). The zero-order valence-corrected chi connectivity index (χ0v) is 12.2. The number of halogens is 1. The summed E-state index contributed by atoms with van der Waals surface area (Å²) in [6, 6.07) is 7.48. The summed E-state index contributed by atoms with van der Waals surface area (Å²) in [5.74, 6) is 0.542. The van der Waals surface area contributed by atoms with Gasteiger partial charge in [0.25, 0.3) is 0 Å². The van der Waals surface area contributed by atoms with Crippen LogP contribution in [-0.4, -0.2) is 36.7 Å². The van der Waals surface area contributed by atoms with Gasteiger partial charge in [-0.1, -0.05) is 15.9 Å². The molecule has 2 bridgehead atoms. The Morgan fingerprint density at radius 2 is 1.95 bits per heavy atom. The SMILES string of the molecule is O=[11C](Nc1ccc(Br)cc1)OC1CN2CCC1CC2. The molecule has 19 heavy (non-hydrogen) atoms. The van der Waals surface area contributed by atoms with Crippen LogP contribution in [0.2, 0.25) is 0 Å². The van der Waals surface area contributed by atoms with Crippen LogP contribution in [0.3, 0.4) is 0 Å². The van der Waals surface area contributed by atoms with Crippen LogP contribution in [0, 0.1) is 5.92 Å². The number of anilines is 1. The molecule has 1 aromatic rings. The third-order valence-corrected chi connectivity index (χ3v) is 4.47. The first-order valence-corrected chi connectivity index (χ1v) is 7.45. The molecule has 5 heteroatoms. The van der Waals surface area contributed by atoms with Gasteiger partial charge in [-0.3, -0.25) is 10.2 Å². The second-order valence-corrected chi connectivity index (χ2v) is 6.13. The number of nitrogens with one attached hydrogen (secondary N) is 1. The molecule has 1 amide bonds. The van der Waals surface area contributed by atoms with E-state index < -0.39 is 0 Å². The van der Waals surface area contributed by atoms with E-state index in [4.69, 9.17) is 4.74 Å². The van der Waals surface area contributed by atoms with Crippen LogP contribution < -0.4 is 5.32 Å². The Labute approximate surface area is 121 Å². The number of carbonyl (C=O) groups excluding carboxylic acids is 1. The van der Waals surface area contributed by atoms with Crippen LogP contribution in [0.4, 0.5) is 10.5 Å². The number of rotatable bonds is 2. The summed E-state index contributed by atoms with van der Waals surface area (Å²) >= 11 is 3.36. The predicted molar refractivity (Wildman–Crippen MR) is 77.2 cm³/mol. The van der Waals surface area contributed by atoms with Crippen LogP contribution in [-0.2, 0) is 4.74 Å². The number of ether oxygens (including phenoxy) is 1. The normalized spacial score (nSPS) is 29.0. The molecule has 0 aromatic heterocycles. The summed E-state index contributed by atoms with van der Waals surface area (Å²) < 4.78 is 6.55. The van der Waals surface area contributed by atoms with Gasteiger partial charge in [0.05, 0.1) is 0 Å². The van der Waals surface area contributed by atoms with E-state index in [0.717, 1.165) is 42.6 Å². The second-order valence-electron chi connectivity index (χ2n) is 5.21. The quantitative estimate of drug-likeness (QED) is 0.909. The van der Waals surface area contributed by atoms with Gasteiger partial charge in [0.1, 0.15) is 6.10 Å². The number of nitrogens with zero attached hydrogens (tertiary/aromatic N) is 1. The summed E-state index contributed by atoms with van der Waals surface area (Å²) in [6.45, 7) is 3.19. The molecule has 3 aliphatic heterocycles. The molecule has 1 unspecified atom stereocenters. The van der Waals surface area contributed by atoms with Gasteiger partial charge in [-0.15, -0.1) is 0 Å². The molecular weight excluding hydrogens is 307 g/mol. The maximum Gasteiger partial charge on any atom is 0.411 e. The van der Waals surface area contributed by atoms with Crippen LogP contribution >= 0.6 is 15.9 Å². The van der Waals surface area contributed by atoms with Crippen molar-refractivity contribution in [3.8, 4) is 0 Å². The lowest BCUT2D eigenvalue weighted by Crippen LogP contribution is -2.52. The van der Waals surface area contributed by atoms with E-state index in [2.05, 4.69) is 26.1 Å². The molecule has 1 N–H and O–H groups in total. The first-order chi connectivity index (χ1) is 9.20. The Bertz CT molecular complexity index is 455. The van der Waals surface area contributed by atoms with Crippen molar-refractivity contribution >= 4 is 27.7 Å². The third kappa shape index (κ3) is 3.09. The lowest BCUT2D eigenvalue weighted by atomic mass is 9.85. The Balaban J connectivity index is 1.55. The van der Waals surface area contributed by atoms with Crippen LogP contribution in [0.1, 0.15) is 12.8 Å². The summed E-state index contributed by atoms with van der Waals surface area (Å²) in [7, 11) is 0. The van der Waals surface area contributed by atoms with Crippen molar-refractivity contribution in [1.29, 1.82) is 0 Å². The Morgan fingerprint density at radius 1 is 1.26 bits per heavy atom. The minimum absolute atomic E-state index is 0.0537. The van der Waals surface area contributed by atoms with E-state index in [1.807, 2.05) is 24.3 Å². The van der Waals surface area contributed by atoms with Crippen LogP contribution in [0.5, 0.6) is 0 Å². The highest BCUT2D eigenvalue weighted by atomic mass is 79.9. The zero-order valence-electron chi connectivity index (χ0n) is 10.6. The smallest absolute Gasteiger partial charge is 0.411 e. The van der Waals surface area contributed by atoms with E-state index in [-0.39, 0.29) is 12.2 Å². The van der Waals surface area contributed by atoms with E-state index >= 15 is 0 Å². The monoisotopic (exact) mass is 323 g/mol. The molecule has 0 aliphatic carbocycles. The van der Waals surface area contributed by atoms with Gasteiger partial charge >= 0.3 is 6.09 Å². The number of piperidine rings is 3. The van der Waals surface area contributed by atoms with Gasteiger partial charge in [0.2, 0.25) is 0 Å². The molecule has 1 atom stereocenters. The Morgan fingerprint density at radius 3 is 2.53 bits per heavy atom. The first kappa shape index (κ1) is 12.9. The summed E-state index contributed by atoms with van der Waals surface area (Å²) in [6.07, 6.45) is 2.01. The molecule has 102 valence electrons. The number of carbonyl (C=O) groups is 1. The molecule has 3 saturated heterocycles. The van der Waals surface area contributed by atoms with Gasteiger partial charge < -0.3 is 4.74 Å². The molecule has 4 nitrogen and oxygen atoms in total. The lowest BCUT2D eigenvalue weighted by Gasteiger charge is -2.43.